The molecule has 0 unspecified atom stereocenters. The topological polar surface area (TPSA) is 29.9 Å². The standard InChI is InChI=1S/C14H17BrClN3/c1-4-19-13(14(15)10(3)18-19)8-17-12-7-5-6-11(16)9(12)2/h5-7,17H,4,8H2,1-3H3. The Bertz CT molecular complexity index is 593. The van der Waals surface area contributed by atoms with Crippen molar-refractivity contribution in [3.05, 3.63) is 44.6 Å². The normalized spacial score (nSPS) is 10.8. The van der Waals surface area contributed by atoms with Gasteiger partial charge in [-0.25, -0.2) is 0 Å². The second-order valence-electron chi connectivity index (χ2n) is 4.43. The second-order valence-corrected chi connectivity index (χ2v) is 5.63. The van der Waals surface area contributed by atoms with Crippen molar-refractivity contribution in [2.45, 2.75) is 33.9 Å². The molecule has 1 heterocycles. The zero-order chi connectivity index (χ0) is 14.0. The minimum absolute atomic E-state index is 0.719. The molecule has 102 valence electrons. The predicted octanol–water partition coefficient (Wildman–Crippen LogP) is 4.55. The van der Waals surface area contributed by atoms with E-state index in [0.29, 0.717) is 0 Å². The molecule has 0 aliphatic carbocycles. The van der Waals surface area contributed by atoms with Crippen LogP contribution in [0.1, 0.15) is 23.9 Å². The van der Waals surface area contributed by atoms with Gasteiger partial charge < -0.3 is 5.32 Å². The fourth-order valence-electron chi connectivity index (χ4n) is 2.02. The quantitative estimate of drug-likeness (QED) is 0.883. The van der Waals surface area contributed by atoms with Crippen LogP contribution in [0.4, 0.5) is 5.69 Å². The number of rotatable bonds is 4. The van der Waals surface area contributed by atoms with Crippen LogP contribution in [-0.2, 0) is 13.1 Å². The van der Waals surface area contributed by atoms with Crippen LogP contribution in [0.15, 0.2) is 22.7 Å². The van der Waals surface area contributed by atoms with Crippen LogP contribution in [0.2, 0.25) is 5.02 Å². The lowest BCUT2D eigenvalue weighted by Crippen LogP contribution is -2.09. The van der Waals surface area contributed by atoms with Crippen molar-refractivity contribution in [2.24, 2.45) is 0 Å². The van der Waals surface area contributed by atoms with E-state index in [-0.39, 0.29) is 0 Å². The van der Waals surface area contributed by atoms with Crippen LogP contribution >= 0.6 is 27.5 Å². The Kier molecular flexibility index (Phi) is 4.53. The van der Waals surface area contributed by atoms with E-state index in [4.69, 9.17) is 11.6 Å². The fourth-order valence-corrected chi connectivity index (χ4v) is 2.61. The highest BCUT2D eigenvalue weighted by Gasteiger charge is 2.12. The van der Waals surface area contributed by atoms with Crippen LogP contribution in [0.5, 0.6) is 0 Å². The van der Waals surface area contributed by atoms with E-state index in [9.17, 15) is 0 Å². The lowest BCUT2D eigenvalue weighted by Gasteiger charge is -2.12. The van der Waals surface area contributed by atoms with E-state index in [2.05, 4.69) is 33.3 Å². The maximum absolute atomic E-state index is 6.12. The van der Waals surface area contributed by atoms with E-state index in [1.54, 1.807) is 0 Å². The van der Waals surface area contributed by atoms with E-state index in [1.807, 2.05) is 36.7 Å². The molecule has 0 atom stereocenters. The third kappa shape index (κ3) is 2.95. The summed E-state index contributed by atoms with van der Waals surface area (Å²) in [6.07, 6.45) is 0. The highest BCUT2D eigenvalue weighted by molar-refractivity contribution is 9.10. The molecule has 1 aromatic heterocycles. The van der Waals surface area contributed by atoms with Gasteiger partial charge in [-0.2, -0.15) is 5.10 Å². The summed E-state index contributed by atoms with van der Waals surface area (Å²) in [5.41, 5.74) is 4.29. The smallest absolute Gasteiger partial charge is 0.0739 e. The molecule has 0 bridgehead atoms. The van der Waals surface area contributed by atoms with Crippen LogP contribution < -0.4 is 5.32 Å². The molecule has 0 aliphatic heterocycles. The summed E-state index contributed by atoms with van der Waals surface area (Å²) in [7, 11) is 0. The molecule has 19 heavy (non-hydrogen) atoms. The number of hydrogen-bond acceptors (Lipinski definition) is 2. The minimum atomic E-state index is 0.719. The van der Waals surface area contributed by atoms with Crippen molar-refractivity contribution in [1.82, 2.24) is 9.78 Å². The van der Waals surface area contributed by atoms with Gasteiger partial charge in [-0.3, -0.25) is 4.68 Å². The monoisotopic (exact) mass is 341 g/mol. The summed E-state index contributed by atoms with van der Waals surface area (Å²) in [5.74, 6) is 0. The number of aryl methyl sites for hydroxylation is 2. The lowest BCUT2D eigenvalue weighted by molar-refractivity contribution is 0.622. The van der Waals surface area contributed by atoms with Crippen molar-refractivity contribution in [3.63, 3.8) is 0 Å². The Hall–Kier alpha value is -1.00. The Labute approximate surface area is 127 Å². The van der Waals surface area contributed by atoms with Crippen molar-refractivity contribution < 1.29 is 0 Å². The number of benzene rings is 1. The maximum atomic E-state index is 6.12. The first-order valence-corrected chi connectivity index (χ1v) is 7.42. The number of anilines is 1. The second kappa shape index (κ2) is 5.97. The minimum Gasteiger partial charge on any atom is -0.379 e. The fraction of sp³-hybridized carbons (Fsp3) is 0.357. The number of hydrogen-bond donors (Lipinski definition) is 1. The molecule has 0 amide bonds. The van der Waals surface area contributed by atoms with Crippen LogP contribution in [-0.4, -0.2) is 9.78 Å². The van der Waals surface area contributed by atoms with Gasteiger partial charge in [-0.15, -0.1) is 0 Å². The van der Waals surface area contributed by atoms with Gasteiger partial charge in [0.05, 0.1) is 22.4 Å². The average molecular weight is 343 g/mol. The van der Waals surface area contributed by atoms with Crippen LogP contribution in [0.25, 0.3) is 0 Å². The van der Waals surface area contributed by atoms with Gasteiger partial charge in [-0.05, 0) is 54.4 Å². The number of nitrogens with zero attached hydrogens (tertiary/aromatic N) is 2. The molecule has 2 rings (SSSR count). The number of halogens is 2. The molecule has 1 N–H and O–H groups in total. The molecule has 0 radical (unpaired) electrons. The van der Waals surface area contributed by atoms with Crippen LogP contribution in [0, 0.1) is 13.8 Å². The summed E-state index contributed by atoms with van der Waals surface area (Å²) < 4.78 is 3.08. The van der Waals surface area contributed by atoms with Gasteiger partial charge in [0.2, 0.25) is 0 Å². The predicted molar refractivity (Wildman–Crippen MR) is 83.9 cm³/mol. The number of nitrogens with one attached hydrogen (secondary N) is 1. The maximum Gasteiger partial charge on any atom is 0.0739 e. The molecular formula is C14H17BrClN3. The largest absolute Gasteiger partial charge is 0.379 e. The Morgan fingerprint density at radius 3 is 2.79 bits per heavy atom. The SMILES string of the molecule is CCn1nc(C)c(Br)c1CNc1cccc(Cl)c1C. The first-order valence-electron chi connectivity index (χ1n) is 6.25. The third-order valence-electron chi connectivity index (χ3n) is 3.17. The zero-order valence-corrected chi connectivity index (χ0v) is 13.6. The summed E-state index contributed by atoms with van der Waals surface area (Å²) in [4.78, 5) is 0. The van der Waals surface area contributed by atoms with E-state index >= 15 is 0 Å². The zero-order valence-electron chi connectivity index (χ0n) is 11.3. The first kappa shape index (κ1) is 14.4. The van der Waals surface area contributed by atoms with Crippen molar-refractivity contribution in [1.29, 1.82) is 0 Å². The summed E-state index contributed by atoms with van der Waals surface area (Å²) >= 11 is 9.72. The van der Waals surface area contributed by atoms with Crippen molar-refractivity contribution in [2.75, 3.05) is 5.32 Å². The summed E-state index contributed by atoms with van der Waals surface area (Å²) in [5, 5.41) is 8.69. The van der Waals surface area contributed by atoms with E-state index in [0.717, 1.165) is 45.2 Å². The average Bonchev–Trinajstić information content (AvgIpc) is 2.67. The Balaban J connectivity index is 2.21. The van der Waals surface area contributed by atoms with Gasteiger partial charge in [0.25, 0.3) is 0 Å². The van der Waals surface area contributed by atoms with Gasteiger partial charge in [0.1, 0.15) is 0 Å². The van der Waals surface area contributed by atoms with Gasteiger partial charge >= 0.3 is 0 Å². The van der Waals surface area contributed by atoms with Gasteiger partial charge in [0, 0.05) is 17.3 Å². The molecule has 0 aliphatic rings. The molecule has 5 heteroatoms. The Morgan fingerprint density at radius 1 is 1.37 bits per heavy atom. The third-order valence-corrected chi connectivity index (χ3v) is 4.61. The van der Waals surface area contributed by atoms with E-state index in [1.165, 1.54) is 0 Å². The van der Waals surface area contributed by atoms with Crippen LogP contribution in [0.3, 0.4) is 0 Å². The van der Waals surface area contributed by atoms with Crippen molar-refractivity contribution in [3.8, 4) is 0 Å². The molecule has 3 nitrogen and oxygen atoms in total. The summed E-state index contributed by atoms with van der Waals surface area (Å²) in [6, 6.07) is 5.89. The lowest BCUT2D eigenvalue weighted by atomic mass is 10.2. The van der Waals surface area contributed by atoms with Crippen molar-refractivity contribution >= 4 is 33.2 Å². The molecule has 1 aromatic carbocycles. The molecule has 0 fully saturated rings. The van der Waals surface area contributed by atoms with Gasteiger partial charge in [-0.1, -0.05) is 17.7 Å². The molecule has 0 saturated carbocycles. The first-order chi connectivity index (χ1) is 9.04. The Morgan fingerprint density at radius 2 is 2.11 bits per heavy atom. The highest BCUT2D eigenvalue weighted by atomic mass is 79.9. The van der Waals surface area contributed by atoms with E-state index < -0.39 is 0 Å². The summed E-state index contributed by atoms with van der Waals surface area (Å²) in [6.45, 7) is 7.69. The molecule has 2 aromatic rings. The molecular weight excluding hydrogens is 326 g/mol. The highest BCUT2D eigenvalue weighted by Crippen LogP contribution is 2.25. The molecule has 0 saturated heterocycles. The number of aromatic nitrogens is 2. The van der Waals surface area contributed by atoms with Gasteiger partial charge in [0.15, 0.2) is 0 Å². The molecule has 0 spiro atoms.